The van der Waals surface area contributed by atoms with E-state index in [1.807, 2.05) is 13.8 Å². The summed E-state index contributed by atoms with van der Waals surface area (Å²) in [5.41, 5.74) is -0.935. The second-order valence-electron chi connectivity index (χ2n) is 7.09. The number of pyridine rings is 1. The Hall–Kier alpha value is -2.16. The van der Waals surface area contributed by atoms with Gasteiger partial charge in [-0.15, -0.1) is 0 Å². The first kappa shape index (κ1) is 19.6. The first-order valence-corrected chi connectivity index (χ1v) is 9.03. The monoisotopic (exact) mass is 384 g/mol. The predicted octanol–water partition coefficient (Wildman–Crippen LogP) is 3.90. The van der Waals surface area contributed by atoms with Gasteiger partial charge in [0.05, 0.1) is 13.2 Å². The Morgan fingerprint density at radius 3 is 2.59 bits per heavy atom. The summed E-state index contributed by atoms with van der Waals surface area (Å²) in [7, 11) is 0. The Labute approximate surface area is 155 Å². The van der Waals surface area contributed by atoms with Crippen LogP contribution in [0.4, 0.5) is 13.2 Å². The second kappa shape index (κ2) is 8.24. The van der Waals surface area contributed by atoms with Gasteiger partial charge in [0.2, 0.25) is 11.8 Å². The standard InChI is InChI=1S/C18H23F3N4O2/c1-12(2)17-23-16(27-24-17)10-25-8-6-13(7-9-25)11-26-15-5-3-4-14(22-15)18(19,20)21/h3-5,12-13H,6-11H2,1-2H3. The van der Waals surface area contributed by atoms with E-state index < -0.39 is 11.9 Å². The number of ether oxygens (including phenoxy) is 1. The highest BCUT2D eigenvalue weighted by Gasteiger charge is 2.32. The maximum atomic E-state index is 12.7. The topological polar surface area (TPSA) is 64.3 Å². The molecule has 0 atom stereocenters. The number of rotatable bonds is 6. The lowest BCUT2D eigenvalue weighted by atomic mass is 9.98. The van der Waals surface area contributed by atoms with Crippen molar-refractivity contribution in [2.24, 2.45) is 5.92 Å². The molecule has 1 aliphatic rings. The van der Waals surface area contributed by atoms with E-state index in [9.17, 15) is 13.2 Å². The highest BCUT2D eigenvalue weighted by Crippen LogP contribution is 2.29. The van der Waals surface area contributed by atoms with E-state index >= 15 is 0 Å². The number of hydrogen-bond donors (Lipinski definition) is 0. The summed E-state index contributed by atoms with van der Waals surface area (Å²) in [6.45, 7) is 6.70. The SMILES string of the molecule is CC(C)c1noc(CN2CCC(COc3cccc(C(F)(F)F)n3)CC2)n1. The van der Waals surface area contributed by atoms with Gasteiger partial charge in [0.15, 0.2) is 5.82 Å². The van der Waals surface area contributed by atoms with Crippen molar-refractivity contribution in [1.82, 2.24) is 20.0 Å². The maximum absolute atomic E-state index is 12.7. The van der Waals surface area contributed by atoms with E-state index in [2.05, 4.69) is 20.0 Å². The Kier molecular flexibility index (Phi) is 5.98. The van der Waals surface area contributed by atoms with Gasteiger partial charge in [-0.1, -0.05) is 25.1 Å². The summed E-state index contributed by atoms with van der Waals surface area (Å²) in [5.74, 6) is 1.85. The minimum atomic E-state index is -4.46. The van der Waals surface area contributed by atoms with E-state index in [0.29, 0.717) is 24.9 Å². The zero-order valence-electron chi connectivity index (χ0n) is 15.4. The Morgan fingerprint density at radius 2 is 1.96 bits per heavy atom. The number of aromatic nitrogens is 3. The van der Waals surface area contributed by atoms with Crippen LogP contribution in [0.2, 0.25) is 0 Å². The molecule has 9 heteroatoms. The first-order chi connectivity index (χ1) is 12.8. The van der Waals surface area contributed by atoms with Gasteiger partial charge < -0.3 is 9.26 Å². The molecule has 0 spiro atoms. The van der Waals surface area contributed by atoms with Gasteiger partial charge in [-0.2, -0.15) is 18.2 Å². The average Bonchev–Trinajstić information content (AvgIpc) is 3.10. The maximum Gasteiger partial charge on any atom is 0.433 e. The number of alkyl halides is 3. The number of piperidine rings is 1. The number of halogens is 3. The van der Waals surface area contributed by atoms with Gasteiger partial charge in [-0.25, -0.2) is 4.98 Å². The van der Waals surface area contributed by atoms with Crippen LogP contribution in [0.3, 0.4) is 0 Å². The average molecular weight is 384 g/mol. The number of hydrogen-bond acceptors (Lipinski definition) is 6. The van der Waals surface area contributed by atoms with Crippen molar-refractivity contribution in [3.63, 3.8) is 0 Å². The van der Waals surface area contributed by atoms with Gasteiger partial charge in [0.25, 0.3) is 0 Å². The highest BCUT2D eigenvalue weighted by atomic mass is 19.4. The van der Waals surface area contributed by atoms with Crippen LogP contribution in [0.1, 0.15) is 50.0 Å². The van der Waals surface area contributed by atoms with Crippen LogP contribution in [0.5, 0.6) is 5.88 Å². The van der Waals surface area contributed by atoms with Gasteiger partial charge in [-0.05, 0) is 37.9 Å². The van der Waals surface area contributed by atoms with Crippen molar-refractivity contribution in [3.05, 3.63) is 35.6 Å². The van der Waals surface area contributed by atoms with E-state index in [1.54, 1.807) is 0 Å². The molecule has 1 aliphatic heterocycles. The minimum absolute atomic E-state index is 0.0133. The highest BCUT2D eigenvalue weighted by molar-refractivity contribution is 5.17. The summed E-state index contributed by atoms with van der Waals surface area (Å²) >= 11 is 0. The van der Waals surface area contributed by atoms with E-state index in [0.717, 1.165) is 32.0 Å². The molecule has 0 saturated carbocycles. The van der Waals surface area contributed by atoms with Crippen LogP contribution < -0.4 is 4.74 Å². The Bertz CT molecular complexity index is 740. The molecule has 0 bridgehead atoms. The predicted molar refractivity (Wildman–Crippen MR) is 91.1 cm³/mol. The third-order valence-corrected chi connectivity index (χ3v) is 4.55. The Morgan fingerprint density at radius 1 is 1.22 bits per heavy atom. The molecule has 0 N–H and O–H groups in total. The Balaban J connectivity index is 1.44. The van der Waals surface area contributed by atoms with Crippen molar-refractivity contribution >= 4 is 0 Å². The van der Waals surface area contributed by atoms with Gasteiger partial charge in [0, 0.05) is 12.0 Å². The molecule has 1 saturated heterocycles. The van der Waals surface area contributed by atoms with Gasteiger partial charge in [0.1, 0.15) is 5.69 Å². The summed E-state index contributed by atoms with van der Waals surface area (Å²) in [4.78, 5) is 10.1. The van der Waals surface area contributed by atoms with Crippen LogP contribution in [0.15, 0.2) is 22.7 Å². The van der Waals surface area contributed by atoms with Crippen LogP contribution in [0.25, 0.3) is 0 Å². The molecular formula is C18H23F3N4O2. The fraction of sp³-hybridized carbons (Fsp3) is 0.611. The summed E-state index contributed by atoms with van der Waals surface area (Å²) in [5, 5.41) is 3.96. The largest absolute Gasteiger partial charge is 0.477 e. The van der Waals surface area contributed by atoms with Crippen LogP contribution >= 0.6 is 0 Å². The summed E-state index contributed by atoms with van der Waals surface area (Å²) in [6.07, 6.45) is -2.68. The third kappa shape index (κ3) is 5.41. The number of likely N-dealkylation sites (tertiary alicyclic amines) is 1. The fourth-order valence-corrected chi connectivity index (χ4v) is 2.93. The molecule has 27 heavy (non-hydrogen) atoms. The van der Waals surface area contributed by atoms with Crippen LogP contribution in [-0.2, 0) is 12.7 Å². The lowest BCUT2D eigenvalue weighted by Crippen LogP contribution is -2.35. The van der Waals surface area contributed by atoms with Gasteiger partial charge >= 0.3 is 6.18 Å². The van der Waals surface area contributed by atoms with Gasteiger partial charge in [-0.3, -0.25) is 4.90 Å². The smallest absolute Gasteiger partial charge is 0.433 e. The molecule has 0 unspecified atom stereocenters. The molecule has 6 nitrogen and oxygen atoms in total. The zero-order valence-corrected chi connectivity index (χ0v) is 15.4. The third-order valence-electron chi connectivity index (χ3n) is 4.55. The normalized spacial score (nSPS) is 16.8. The van der Waals surface area contributed by atoms with Crippen molar-refractivity contribution in [2.45, 2.75) is 45.3 Å². The molecule has 3 heterocycles. The summed E-state index contributed by atoms with van der Waals surface area (Å²) < 4.78 is 48.8. The quantitative estimate of drug-likeness (QED) is 0.753. The zero-order chi connectivity index (χ0) is 19.4. The molecule has 0 radical (unpaired) electrons. The van der Waals surface area contributed by atoms with E-state index in [-0.39, 0.29) is 17.7 Å². The molecular weight excluding hydrogens is 361 g/mol. The molecule has 0 aliphatic carbocycles. The van der Waals surface area contributed by atoms with Crippen molar-refractivity contribution in [3.8, 4) is 5.88 Å². The summed E-state index contributed by atoms with van der Waals surface area (Å²) in [6, 6.07) is 3.70. The van der Waals surface area contributed by atoms with E-state index in [4.69, 9.17) is 9.26 Å². The molecule has 3 rings (SSSR count). The minimum Gasteiger partial charge on any atom is -0.477 e. The molecule has 2 aromatic heterocycles. The lowest BCUT2D eigenvalue weighted by Gasteiger charge is -2.30. The molecule has 2 aromatic rings. The van der Waals surface area contributed by atoms with Crippen molar-refractivity contribution < 1.29 is 22.4 Å². The first-order valence-electron chi connectivity index (χ1n) is 9.03. The van der Waals surface area contributed by atoms with Crippen molar-refractivity contribution in [2.75, 3.05) is 19.7 Å². The fourth-order valence-electron chi connectivity index (χ4n) is 2.93. The second-order valence-corrected chi connectivity index (χ2v) is 7.09. The number of nitrogens with zero attached hydrogens (tertiary/aromatic N) is 4. The van der Waals surface area contributed by atoms with Crippen molar-refractivity contribution in [1.29, 1.82) is 0 Å². The van der Waals surface area contributed by atoms with Crippen LogP contribution in [-0.4, -0.2) is 39.7 Å². The lowest BCUT2D eigenvalue weighted by molar-refractivity contribution is -0.141. The molecule has 1 fully saturated rings. The van der Waals surface area contributed by atoms with Crippen LogP contribution in [0, 0.1) is 5.92 Å². The van der Waals surface area contributed by atoms with E-state index in [1.165, 1.54) is 12.1 Å². The molecule has 148 valence electrons. The molecule has 0 amide bonds. The molecule has 0 aromatic carbocycles.